The molecule has 20 N–H and O–H groups in total. The number of hydrogen-bond donors (Lipinski definition) is 15. The zero-order valence-electron chi connectivity index (χ0n) is 71.5. The normalized spacial score (nSPS) is 14.9. The first-order chi connectivity index (χ1) is 57.9. The Balaban J connectivity index is 1.99. The van der Waals surface area contributed by atoms with Crippen molar-refractivity contribution in [2.45, 2.75) is 245 Å². The Morgan fingerprint density at radius 2 is 0.852 bits per heavy atom. The number of aliphatic carboxylic acids is 3. The minimum atomic E-state index is -1.67. The van der Waals surface area contributed by atoms with Crippen LogP contribution in [0.15, 0.2) is 101 Å². The van der Waals surface area contributed by atoms with Crippen molar-refractivity contribution in [2.75, 3.05) is 32.8 Å². The largest absolute Gasteiger partial charge is 0.481 e. The number of guanidine groups is 1. The Hall–Kier alpha value is -11.0. The first-order valence-corrected chi connectivity index (χ1v) is 42.2. The van der Waals surface area contributed by atoms with Crippen LogP contribution in [0.25, 0.3) is 0 Å². The van der Waals surface area contributed by atoms with Gasteiger partial charge in [-0.1, -0.05) is 157 Å². The summed E-state index contributed by atoms with van der Waals surface area (Å²) in [6.45, 7) is 10.7. The highest BCUT2D eigenvalue weighted by molar-refractivity contribution is 6.00. The van der Waals surface area contributed by atoms with Gasteiger partial charge in [0.2, 0.25) is 35.4 Å². The monoisotopic (exact) mass is 1710 g/mol. The lowest BCUT2D eigenvalue weighted by molar-refractivity contribution is -0.145. The van der Waals surface area contributed by atoms with E-state index in [0.717, 1.165) is 0 Å². The number of aliphatic hydroxyl groups is 1. The first kappa shape index (κ1) is 105. The van der Waals surface area contributed by atoms with E-state index in [0.29, 0.717) is 54.5 Å². The number of carbonyl (C=O) groups excluding carboxylic acids is 13. The lowest BCUT2D eigenvalue weighted by Crippen LogP contribution is -2.52. The number of amides is 7. The Bertz CT molecular complexity index is 3960. The number of ketones is 6. The number of aliphatic imine (C=N–C) groups is 1. The van der Waals surface area contributed by atoms with E-state index in [2.05, 4.69) is 42.0 Å². The second kappa shape index (κ2) is 57.3. The van der Waals surface area contributed by atoms with Crippen molar-refractivity contribution < 1.29 is 102 Å². The summed E-state index contributed by atoms with van der Waals surface area (Å²) in [4.78, 5) is 232. The number of oxime groups is 1. The third-order valence-electron chi connectivity index (χ3n) is 21.6. The summed E-state index contributed by atoms with van der Waals surface area (Å²) in [5, 5.41) is 59.8. The van der Waals surface area contributed by atoms with Gasteiger partial charge in [-0.15, -0.1) is 0 Å². The highest BCUT2D eigenvalue weighted by Crippen LogP contribution is 2.27. The second-order valence-corrected chi connectivity index (χ2v) is 32.1. The predicted octanol–water partition coefficient (Wildman–Crippen LogP) is 4.60. The number of carboxylic acids is 3. The molecule has 7 amide bonds. The topological polar surface area (TPSA) is 590 Å². The molecule has 0 aliphatic carbocycles. The van der Waals surface area contributed by atoms with Gasteiger partial charge in [-0.3, -0.25) is 81.7 Å². The number of primary amides is 1. The molecule has 34 nitrogen and oxygen atoms in total. The van der Waals surface area contributed by atoms with Crippen LogP contribution in [-0.2, 0) is 101 Å². The Morgan fingerprint density at radius 3 is 1.33 bits per heavy atom. The minimum Gasteiger partial charge on any atom is -0.481 e. The molecule has 14 atom stereocenters. The molecule has 0 saturated heterocycles. The molecule has 122 heavy (non-hydrogen) atoms. The third-order valence-corrected chi connectivity index (χ3v) is 21.6. The summed E-state index contributed by atoms with van der Waals surface area (Å²) < 4.78 is 0. The molecule has 34 heteroatoms. The molecule has 0 radical (unpaired) electrons. The molecule has 3 rings (SSSR count). The van der Waals surface area contributed by atoms with Gasteiger partial charge in [0, 0.05) is 81.6 Å². The maximum absolute atomic E-state index is 14.9. The van der Waals surface area contributed by atoms with Gasteiger partial charge in [0.15, 0.2) is 47.3 Å². The number of carboxylic acid groups (broad SMARTS) is 3. The smallest absolute Gasteiger partial charge is 0.306 e. The molecular formula is C88H131N13O21. The molecule has 0 spiro atoms. The molecule has 14 unspecified atom stereocenters. The number of unbranched alkanes of at least 4 members (excludes halogenated alkanes) is 2. The molecular weight excluding hydrogens is 1580 g/mol. The van der Waals surface area contributed by atoms with Gasteiger partial charge in [0.1, 0.15) is 6.04 Å². The van der Waals surface area contributed by atoms with Gasteiger partial charge < -0.3 is 85.8 Å². The first-order valence-electron chi connectivity index (χ1n) is 42.2. The summed E-state index contributed by atoms with van der Waals surface area (Å²) in [7, 11) is 0. The zero-order chi connectivity index (χ0) is 91.0. The van der Waals surface area contributed by atoms with E-state index in [1.807, 2.05) is 0 Å². The van der Waals surface area contributed by atoms with E-state index in [1.54, 1.807) is 133 Å². The number of carbonyl (C=O) groups is 16. The molecule has 0 saturated carbocycles. The van der Waals surface area contributed by atoms with Crippen LogP contribution in [0.2, 0.25) is 0 Å². The fraction of sp³-hybridized carbons (Fsp3) is 0.591. The average Bonchev–Trinajstić information content (AvgIpc) is 0.833. The van der Waals surface area contributed by atoms with E-state index >= 15 is 0 Å². The van der Waals surface area contributed by atoms with Crippen molar-refractivity contribution in [3.8, 4) is 0 Å². The molecule has 0 aliphatic rings. The molecule has 0 fully saturated rings. The maximum Gasteiger partial charge on any atom is 0.306 e. The van der Waals surface area contributed by atoms with Crippen LogP contribution in [0.5, 0.6) is 0 Å². The van der Waals surface area contributed by atoms with Gasteiger partial charge >= 0.3 is 17.9 Å². The third kappa shape index (κ3) is 41.0. The van der Waals surface area contributed by atoms with Crippen LogP contribution in [0.4, 0.5) is 0 Å². The molecule has 3 aromatic carbocycles. The maximum atomic E-state index is 14.9. The van der Waals surface area contributed by atoms with Gasteiger partial charge in [-0.2, -0.15) is 0 Å². The fourth-order valence-corrected chi connectivity index (χ4v) is 14.1. The van der Waals surface area contributed by atoms with E-state index in [9.17, 15) is 92.0 Å². The van der Waals surface area contributed by atoms with Crippen LogP contribution < -0.4 is 60.6 Å². The van der Waals surface area contributed by atoms with Crippen molar-refractivity contribution in [3.05, 3.63) is 108 Å². The number of benzene rings is 3. The number of rotatable bonds is 66. The predicted molar refractivity (Wildman–Crippen MR) is 456 cm³/mol. The van der Waals surface area contributed by atoms with E-state index in [4.69, 9.17) is 38.6 Å². The highest BCUT2D eigenvalue weighted by atomic mass is 16.6. The number of Topliss-reactive ketones (excluding diaryl/α,β-unsaturated/α-hetero) is 6. The highest BCUT2D eigenvalue weighted by Gasteiger charge is 2.40. The Kier molecular flexibility index (Phi) is 49.4. The number of hydrogen-bond acceptors (Lipinski definition) is 22. The number of nitrogens with two attached hydrogens (primary N) is 5. The summed E-state index contributed by atoms with van der Waals surface area (Å²) >= 11 is 0. The van der Waals surface area contributed by atoms with Crippen molar-refractivity contribution in [2.24, 2.45) is 92.1 Å². The zero-order valence-corrected chi connectivity index (χ0v) is 71.5. The van der Waals surface area contributed by atoms with Crippen molar-refractivity contribution in [3.63, 3.8) is 0 Å². The van der Waals surface area contributed by atoms with Crippen LogP contribution >= 0.6 is 0 Å². The van der Waals surface area contributed by atoms with Gasteiger partial charge in [0.05, 0.1) is 60.8 Å². The Labute approximate surface area is 714 Å². The second-order valence-electron chi connectivity index (χ2n) is 32.1. The number of aliphatic hydroxyl groups excluding tert-OH is 1. The Morgan fingerprint density at radius 1 is 0.426 bits per heavy atom. The van der Waals surface area contributed by atoms with Crippen molar-refractivity contribution >= 4 is 106 Å². The quantitative estimate of drug-likeness (QED) is 0.0159. The van der Waals surface area contributed by atoms with Crippen LogP contribution in [0, 0.1) is 53.3 Å². The van der Waals surface area contributed by atoms with Crippen molar-refractivity contribution in [1.82, 2.24) is 31.9 Å². The summed E-state index contributed by atoms with van der Waals surface area (Å²) in [5.74, 6) is -23.1. The molecule has 0 aromatic heterocycles. The van der Waals surface area contributed by atoms with E-state index < -0.39 is 249 Å². The van der Waals surface area contributed by atoms with Gasteiger partial charge in [0.25, 0.3) is 5.91 Å². The molecule has 674 valence electrons. The molecule has 3 aromatic rings. The standard InChI is InChI=1S/C88H131N13O21/c1-8-54(5)65(86(119)100-81(55(6)9-2)76(108)47-63(49-77(91)109)85(118)98-69(43-59-28-17-12-18-29-59)73(105)45-61(34-36-80(113)114)83(116)96-66(31-20-22-38-90)72(104)48-64(87(120)121)40-53(3)4)50-75(107)70(51-102)99-82(115)60(30-19-21-37-89)44-71(103)67(32-23-39-94-88(92)93)97-84(117)62(41-57-24-13-10-14-25-57)46-74(106)68(42-58-26-15-11-16-27-58)95-78(110)52-122-101-56(7)33-35-79(111)112/h10-18,24-29,53-55,60-70,81,102H,8-9,19-23,30-52,89-90H2,1-7H3,(H2,91,109)(H,95,110)(H,96,116)(H,97,117)(H,98,118)(H,99,115)(H,100,119)(H,111,112)(H,113,114)(H,120,121)(H4,92,93,94)/b101-56+. The van der Waals surface area contributed by atoms with Crippen LogP contribution in [0.3, 0.4) is 0 Å². The van der Waals surface area contributed by atoms with E-state index in [1.165, 1.54) is 6.92 Å². The van der Waals surface area contributed by atoms with Gasteiger partial charge in [-0.25, -0.2) is 0 Å². The van der Waals surface area contributed by atoms with Crippen LogP contribution in [0.1, 0.15) is 206 Å². The minimum absolute atomic E-state index is 0.00452. The molecule has 0 bridgehead atoms. The summed E-state index contributed by atoms with van der Waals surface area (Å²) in [5.41, 5.74) is 30.8. The SMILES string of the molecule is CCC(C)C(CC(=O)C(CO)NC(=O)C(CCCCN)CC(=O)C(CCCN=C(N)N)NC(=O)C(CC(=O)C(Cc1ccccc1)NC(=O)CO/N=C(\C)CCC(=O)O)Cc1ccccc1)C(=O)NC(C(=O)CC(CC(N)=O)C(=O)NC(Cc1ccccc1)C(=O)CC(CCC(=O)O)C(=O)NC(CCCCN)C(=O)CC(CC(C)C)C(=O)O)C(C)CC. The number of nitrogens with one attached hydrogen (secondary N) is 6. The molecule has 0 heterocycles. The average molecular weight is 1710 g/mol. The van der Waals surface area contributed by atoms with Gasteiger partial charge in [-0.05, 0) is 138 Å². The lowest BCUT2D eigenvalue weighted by atomic mass is 9.83. The number of nitrogens with zero attached hydrogens (tertiary/aromatic N) is 2. The van der Waals surface area contributed by atoms with Crippen molar-refractivity contribution in [1.29, 1.82) is 0 Å². The lowest BCUT2D eigenvalue weighted by Gasteiger charge is -2.30. The summed E-state index contributed by atoms with van der Waals surface area (Å²) in [6.07, 6.45) is -3.28. The van der Waals surface area contributed by atoms with Crippen LogP contribution in [-0.4, -0.2) is 195 Å². The summed E-state index contributed by atoms with van der Waals surface area (Å²) in [6, 6.07) is 17.5. The molecule has 0 aliphatic heterocycles. The fourth-order valence-electron chi connectivity index (χ4n) is 14.1. The van der Waals surface area contributed by atoms with E-state index in [-0.39, 0.29) is 102 Å².